The predicted octanol–water partition coefficient (Wildman–Crippen LogP) is 0.566. The van der Waals surface area contributed by atoms with Crippen LogP contribution in [-0.2, 0) is 11.2 Å². The van der Waals surface area contributed by atoms with E-state index in [2.05, 4.69) is 5.32 Å². The van der Waals surface area contributed by atoms with Crippen LogP contribution in [0.15, 0.2) is 18.2 Å². The van der Waals surface area contributed by atoms with E-state index in [0.717, 1.165) is 0 Å². The van der Waals surface area contributed by atoms with E-state index in [0.29, 0.717) is 0 Å². The standard InChI is InChI=1S/C15H22BNO6/c1-15(2,3)8-12(18)17-11(16(22)23)7-9-5-4-6-10(13(9)19)14(20)21/h4-6,11,19,22-23H,7-8H2,1-3H3,(H,17,18)(H,20,21). The van der Waals surface area contributed by atoms with Gasteiger partial charge in [0, 0.05) is 6.42 Å². The van der Waals surface area contributed by atoms with Crippen molar-refractivity contribution < 1.29 is 29.9 Å². The van der Waals surface area contributed by atoms with Gasteiger partial charge in [0.2, 0.25) is 5.91 Å². The second-order valence-corrected chi connectivity index (χ2v) is 6.65. The molecule has 1 aromatic carbocycles. The third-order valence-corrected chi connectivity index (χ3v) is 3.19. The fourth-order valence-corrected chi connectivity index (χ4v) is 2.14. The summed E-state index contributed by atoms with van der Waals surface area (Å²) in [7, 11) is -1.84. The van der Waals surface area contributed by atoms with Gasteiger partial charge < -0.3 is 25.6 Å². The minimum atomic E-state index is -1.84. The molecule has 0 bridgehead atoms. The Labute approximate surface area is 135 Å². The summed E-state index contributed by atoms with van der Waals surface area (Å²) in [5.74, 6) is -3.15. The molecule has 7 nitrogen and oxygen atoms in total. The smallest absolute Gasteiger partial charge is 0.475 e. The highest BCUT2D eigenvalue weighted by Gasteiger charge is 2.28. The first-order valence-corrected chi connectivity index (χ1v) is 7.21. The van der Waals surface area contributed by atoms with Crippen molar-refractivity contribution >= 4 is 19.0 Å². The molecule has 0 spiro atoms. The Hall–Kier alpha value is -2.06. The van der Waals surface area contributed by atoms with Crippen LogP contribution in [0.25, 0.3) is 0 Å². The van der Waals surface area contributed by atoms with Gasteiger partial charge in [0.25, 0.3) is 0 Å². The van der Waals surface area contributed by atoms with Gasteiger partial charge in [-0.05, 0) is 23.5 Å². The van der Waals surface area contributed by atoms with Gasteiger partial charge in [-0.1, -0.05) is 32.9 Å². The molecule has 0 aliphatic rings. The van der Waals surface area contributed by atoms with Gasteiger partial charge >= 0.3 is 13.1 Å². The molecule has 23 heavy (non-hydrogen) atoms. The van der Waals surface area contributed by atoms with Crippen LogP contribution in [-0.4, -0.2) is 45.2 Å². The van der Waals surface area contributed by atoms with E-state index >= 15 is 0 Å². The van der Waals surface area contributed by atoms with E-state index in [4.69, 9.17) is 5.11 Å². The van der Waals surface area contributed by atoms with Gasteiger partial charge in [0.05, 0.1) is 5.94 Å². The summed E-state index contributed by atoms with van der Waals surface area (Å²) in [6, 6.07) is 4.15. The summed E-state index contributed by atoms with van der Waals surface area (Å²) >= 11 is 0. The number of rotatable bonds is 6. The average Bonchev–Trinajstić information content (AvgIpc) is 2.37. The minimum Gasteiger partial charge on any atom is -0.507 e. The molecule has 0 heterocycles. The Kier molecular flexibility index (Phi) is 6.17. The molecule has 0 aliphatic carbocycles. The minimum absolute atomic E-state index is 0.111. The summed E-state index contributed by atoms with van der Waals surface area (Å²) in [5.41, 5.74) is -0.339. The van der Waals surface area contributed by atoms with Crippen molar-refractivity contribution in [1.29, 1.82) is 0 Å². The highest BCUT2D eigenvalue weighted by molar-refractivity contribution is 6.43. The first-order chi connectivity index (χ1) is 10.5. The second kappa shape index (κ2) is 7.48. The van der Waals surface area contributed by atoms with E-state index in [-0.39, 0.29) is 35.3 Å². The number of phenols is 1. The van der Waals surface area contributed by atoms with Crippen LogP contribution in [0.3, 0.4) is 0 Å². The second-order valence-electron chi connectivity index (χ2n) is 6.65. The molecule has 1 aromatic rings. The lowest BCUT2D eigenvalue weighted by molar-refractivity contribution is -0.123. The van der Waals surface area contributed by atoms with Crippen LogP contribution < -0.4 is 5.32 Å². The molecule has 1 amide bonds. The fourth-order valence-electron chi connectivity index (χ4n) is 2.14. The molecule has 1 rings (SSSR count). The Morgan fingerprint density at radius 2 is 1.87 bits per heavy atom. The highest BCUT2D eigenvalue weighted by Crippen LogP contribution is 2.24. The molecule has 0 aromatic heterocycles. The Bertz CT molecular complexity index is 582. The van der Waals surface area contributed by atoms with E-state index < -0.39 is 24.8 Å². The molecule has 1 atom stereocenters. The Morgan fingerprint density at radius 3 is 2.35 bits per heavy atom. The molecule has 0 saturated carbocycles. The number of aromatic carboxylic acids is 1. The van der Waals surface area contributed by atoms with Crippen molar-refractivity contribution in [3.05, 3.63) is 29.3 Å². The lowest BCUT2D eigenvalue weighted by Crippen LogP contribution is -2.48. The average molecular weight is 323 g/mol. The SMILES string of the molecule is CC(C)(C)CC(=O)NC(Cc1cccc(C(=O)O)c1O)B(O)O. The number of para-hydroxylation sites is 1. The van der Waals surface area contributed by atoms with Gasteiger partial charge in [-0.25, -0.2) is 4.79 Å². The number of carboxylic acid groups (broad SMARTS) is 1. The zero-order valence-electron chi connectivity index (χ0n) is 13.4. The van der Waals surface area contributed by atoms with Crippen LogP contribution in [0.1, 0.15) is 43.1 Å². The number of benzene rings is 1. The topological polar surface area (TPSA) is 127 Å². The number of carbonyl (C=O) groups excluding carboxylic acids is 1. The van der Waals surface area contributed by atoms with Gasteiger partial charge in [-0.2, -0.15) is 0 Å². The monoisotopic (exact) mass is 323 g/mol. The highest BCUT2D eigenvalue weighted by atomic mass is 16.4. The number of aromatic hydroxyl groups is 1. The van der Waals surface area contributed by atoms with Gasteiger partial charge in [0.1, 0.15) is 11.3 Å². The van der Waals surface area contributed by atoms with Crippen molar-refractivity contribution in [3.63, 3.8) is 0 Å². The summed E-state index contributed by atoms with van der Waals surface area (Å²) in [6.45, 7) is 5.62. The van der Waals surface area contributed by atoms with Crippen LogP contribution in [0.4, 0.5) is 0 Å². The molecule has 126 valence electrons. The summed E-state index contributed by atoms with van der Waals surface area (Å²) in [4.78, 5) is 22.9. The number of nitrogens with one attached hydrogen (secondary N) is 1. The Morgan fingerprint density at radius 1 is 1.26 bits per heavy atom. The largest absolute Gasteiger partial charge is 0.507 e. The number of amides is 1. The third kappa shape index (κ3) is 5.92. The first-order valence-electron chi connectivity index (χ1n) is 7.21. The molecule has 0 aliphatic heterocycles. The van der Waals surface area contributed by atoms with Crippen LogP contribution >= 0.6 is 0 Å². The van der Waals surface area contributed by atoms with Crippen LogP contribution in [0.2, 0.25) is 0 Å². The van der Waals surface area contributed by atoms with Gasteiger partial charge in [-0.3, -0.25) is 4.79 Å². The summed E-state index contributed by atoms with van der Waals surface area (Å²) in [6.07, 6.45) is 0.0812. The number of carbonyl (C=O) groups is 2. The molecule has 0 fully saturated rings. The third-order valence-electron chi connectivity index (χ3n) is 3.19. The number of carboxylic acids is 1. The van der Waals surface area contributed by atoms with E-state index in [9.17, 15) is 24.7 Å². The van der Waals surface area contributed by atoms with E-state index in [1.807, 2.05) is 20.8 Å². The molecular weight excluding hydrogens is 301 g/mol. The Balaban J connectivity index is 2.91. The number of hydrogen-bond acceptors (Lipinski definition) is 5. The van der Waals surface area contributed by atoms with Crippen LogP contribution in [0, 0.1) is 5.41 Å². The molecule has 8 heteroatoms. The molecule has 0 saturated heterocycles. The fraction of sp³-hybridized carbons (Fsp3) is 0.467. The molecule has 1 unspecified atom stereocenters. The van der Waals surface area contributed by atoms with E-state index in [1.165, 1.54) is 18.2 Å². The summed E-state index contributed by atoms with van der Waals surface area (Å²) < 4.78 is 0. The van der Waals surface area contributed by atoms with Crippen molar-refractivity contribution in [1.82, 2.24) is 5.32 Å². The zero-order valence-corrected chi connectivity index (χ0v) is 13.4. The molecular formula is C15H22BNO6. The van der Waals surface area contributed by atoms with Crippen molar-refractivity contribution in [2.75, 3.05) is 0 Å². The maximum Gasteiger partial charge on any atom is 0.475 e. The first kappa shape index (κ1) is 19.0. The van der Waals surface area contributed by atoms with Gasteiger partial charge in [0.15, 0.2) is 0 Å². The molecule has 5 N–H and O–H groups in total. The quantitative estimate of drug-likeness (QED) is 0.487. The zero-order chi connectivity index (χ0) is 17.8. The van der Waals surface area contributed by atoms with Crippen molar-refractivity contribution in [3.8, 4) is 5.75 Å². The summed E-state index contributed by atoms with van der Waals surface area (Å²) in [5, 5.41) is 40.3. The van der Waals surface area contributed by atoms with Crippen LogP contribution in [0.5, 0.6) is 5.75 Å². The van der Waals surface area contributed by atoms with Crippen molar-refractivity contribution in [2.45, 2.75) is 39.6 Å². The normalized spacial score (nSPS) is 12.6. The van der Waals surface area contributed by atoms with Crippen molar-refractivity contribution in [2.24, 2.45) is 5.41 Å². The predicted molar refractivity (Wildman–Crippen MR) is 85.0 cm³/mol. The lowest BCUT2D eigenvalue weighted by Gasteiger charge is -2.22. The number of hydrogen-bond donors (Lipinski definition) is 5. The van der Waals surface area contributed by atoms with E-state index in [1.54, 1.807) is 0 Å². The maximum absolute atomic E-state index is 11.9. The lowest BCUT2D eigenvalue weighted by atomic mass is 9.75. The molecule has 0 radical (unpaired) electrons. The maximum atomic E-state index is 11.9. The van der Waals surface area contributed by atoms with Gasteiger partial charge in [-0.15, -0.1) is 0 Å².